The van der Waals surface area contributed by atoms with Crippen LogP contribution in [0.15, 0.2) is 12.4 Å². The minimum absolute atomic E-state index is 0.0653. The summed E-state index contributed by atoms with van der Waals surface area (Å²) >= 11 is 5.97. The number of aryl methyl sites for hydroxylation is 1. The van der Waals surface area contributed by atoms with Gasteiger partial charge in [-0.1, -0.05) is 18.5 Å². The molecule has 3 aromatic rings. The van der Waals surface area contributed by atoms with E-state index in [2.05, 4.69) is 30.0 Å². The summed E-state index contributed by atoms with van der Waals surface area (Å²) in [5, 5.41) is 2.69. The molecule has 2 N–H and O–H groups in total. The lowest BCUT2D eigenvalue weighted by atomic mass is 9.87. The Bertz CT molecular complexity index is 1270. The summed E-state index contributed by atoms with van der Waals surface area (Å²) in [7, 11) is 0. The normalized spacial score (nSPS) is 16.8. The SMILES string of the molecule is C[C@H]1CNC(=O)c2c1[nH]c1c2CCc2cnc(Oc3ncc(COC(F)F)c(Cl)n3)c(F)c2-1. The van der Waals surface area contributed by atoms with Gasteiger partial charge in [-0.2, -0.15) is 13.8 Å². The topological polar surface area (TPSA) is 102 Å². The van der Waals surface area contributed by atoms with E-state index in [1.54, 1.807) is 0 Å². The van der Waals surface area contributed by atoms with Gasteiger partial charge in [-0.3, -0.25) is 4.79 Å². The largest absolute Gasteiger partial charge is 0.402 e. The number of aromatic nitrogens is 4. The second-order valence-electron chi connectivity index (χ2n) is 7.80. The molecule has 33 heavy (non-hydrogen) atoms. The maximum Gasteiger partial charge on any atom is 0.345 e. The highest BCUT2D eigenvalue weighted by Crippen LogP contribution is 2.42. The number of amides is 1. The molecule has 4 heterocycles. The maximum atomic E-state index is 15.6. The fourth-order valence-corrected chi connectivity index (χ4v) is 4.32. The number of H-pyrrole nitrogens is 1. The van der Waals surface area contributed by atoms with Crippen LogP contribution in [0.3, 0.4) is 0 Å². The molecule has 172 valence electrons. The average Bonchev–Trinajstić information content (AvgIpc) is 3.18. The van der Waals surface area contributed by atoms with E-state index >= 15 is 4.39 Å². The van der Waals surface area contributed by atoms with E-state index < -0.39 is 19.0 Å². The molecule has 0 radical (unpaired) electrons. The molecule has 0 spiro atoms. The van der Waals surface area contributed by atoms with Crippen molar-refractivity contribution in [1.82, 2.24) is 25.3 Å². The van der Waals surface area contributed by atoms with Crippen LogP contribution in [0.5, 0.6) is 11.9 Å². The Balaban J connectivity index is 1.49. The minimum atomic E-state index is -2.97. The Morgan fingerprint density at radius 2 is 2.06 bits per heavy atom. The second-order valence-corrected chi connectivity index (χ2v) is 8.16. The number of carbonyl (C=O) groups is 1. The zero-order valence-electron chi connectivity index (χ0n) is 17.2. The lowest BCUT2D eigenvalue weighted by Crippen LogP contribution is -2.34. The Morgan fingerprint density at radius 1 is 1.24 bits per heavy atom. The highest BCUT2D eigenvalue weighted by atomic mass is 35.5. The first-order valence-electron chi connectivity index (χ1n) is 10.1. The van der Waals surface area contributed by atoms with Crippen molar-refractivity contribution in [3.8, 4) is 23.1 Å². The number of hydrogen-bond donors (Lipinski definition) is 2. The number of halogens is 4. The number of nitrogens with zero attached hydrogens (tertiary/aromatic N) is 3. The summed E-state index contributed by atoms with van der Waals surface area (Å²) in [6.07, 6.45) is 3.75. The summed E-state index contributed by atoms with van der Waals surface area (Å²) in [4.78, 5) is 27.5. The summed E-state index contributed by atoms with van der Waals surface area (Å²) in [5.74, 6) is -1.21. The third-order valence-corrected chi connectivity index (χ3v) is 6.05. The van der Waals surface area contributed by atoms with Crippen molar-refractivity contribution in [2.45, 2.75) is 38.9 Å². The lowest BCUT2D eigenvalue weighted by molar-refractivity contribution is -0.137. The third kappa shape index (κ3) is 3.80. The van der Waals surface area contributed by atoms with Crippen molar-refractivity contribution >= 4 is 17.5 Å². The van der Waals surface area contributed by atoms with Gasteiger partial charge < -0.3 is 19.8 Å². The van der Waals surface area contributed by atoms with Crippen LogP contribution in [0.1, 0.15) is 45.6 Å². The van der Waals surface area contributed by atoms with E-state index in [1.165, 1.54) is 6.20 Å². The molecule has 0 aromatic carbocycles. The second kappa shape index (κ2) is 8.31. The zero-order valence-corrected chi connectivity index (χ0v) is 18.0. The fourth-order valence-electron chi connectivity index (χ4n) is 4.14. The average molecular weight is 480 g/mol. The van der Waals surface area contributed by atoms with Gasteiger partial charge >= 0.3 is 12.6 Å². The van der Waals surface area contributed by atoms with Crippen LogP contribution in [0.2, 0.25) is 5.15 Å². The number of nitrogens with one attached hydrogen (secondary N) is 2. The number of fused-ring (bicyclic) bond motifs is 5. The number of ether oxygens (including phenoxy) is 2. The molecule has 0 unspecified atom stereocenters. The third-order valence-electron chi connectivity index (χ3n) is 5.72. The molecule has 1 atom stereocenters. The number of carbonyl (C=O) groups excluding carboxylic acids is 1. The summed E-state index contributed by atoms with van der Waals surface area (Å²) < 4.78 is 49.6. The number of alkyl halides is 2. The van der Waals surface area contributed by atoms with Crippen molar-refractivity contribution in [1.29, 1.82) is 0 Å². The van der Waals surface area contributed by atoms with Gasteiger partial charge in [-0.05, 0) is 24.0 Å². The van der Waals surface area contributed by atoms with Crippen LogP contribution in [0.25, 0.3) is 11.3 Å². The van der Waals surface area contributed by atoms with Gasteiger partial charge in [0.25, 0.3) is 11.8 Å². The van der Waals surface area contributed by atoms with E-state index in [-0.39, 0.29) is 40.0 Å². The van der Waals surface area contributed by atoms with Crippen molar-refractivity contribution < 1.29 is 27.4 Å². The monoisotopic (exact) mass is 479 g/mol. The van der Waals surface area contributed by atoms with E-state index in [1.807, 2.05) is 6.92 Å². The zero-order chi connectivity index (χ0) is 23.3. The first-order chi connectivity index (χ1) is 15.8. The first-order valence-corrected chi connectivity index (χ1v) is 10.5. The molecule has 2 aliphatic rings. The van der Waals surface area contributed by atoms with Gasteiger partial charge in [-0.15, -0.1) is 0 Å². The molecule has 1 aliphatic carbocycles. The maximum absolute atomic E-state index is 15.6. The van der Waals surface area contributed by atoms with E-state index in [4.69, 9.17) is 16.3 Å². The standard InChI is InChI=1S/C21H17ClF3N5O3/c1-8-4-26-18(31)13-11-3-2-9-5-27-19(14(23)12(9)16(11)29-15(8)13)33-21-28-6-10(17(22)30-21)7-32-20(24)25/h5-6,8,20,29H,2-4,7H2,1H3,(H,26,31)/t8-/m0/s1. The van der Waals surface area contributed by atoms with Crippen LogP contribution in [0, 0.1) is 5.82 Å². The van der Waals surface area contributed by atoms with Gasteiger partial charge in [0.15, 0.2) is 5.82 Å². The van der Waals surface area contributed by atoms with Gasteiger partial charge in [-0.25, -0.2) is 14.4 Å². The molecular formula is C21H17ClF3N5O3. The van der Waals surface area contributed by atoms with Crippen LogP contribution >= 0.6 is 11.6 Å². The molecule has 1 aliphatic heterocycles. The van der Waals surface area contributed by atoms with Crippen molar-refractivity contribution in [2.75, 3.05) is 6.54 Å². The molecule has 0 bridgehead atoms. The van der Waals surface area contributed by atoms with Crippen molar-refractivity contribution in [2.24, 2.45) is 0 Å². The smallest absolute Gasteiger partial charge is 0.345 e. The van der Waals surface area contributed by atoms with Gasteiger partial charge in [0, 0.05) is 41.7 Å². The number of aromatic amines is 1. The van der Waals surface area contributed by atoms with Gasteiger partial charge in [0.1, 0.15) is 5.15 Å². The predicted molar refractivity (Wildman–Crippen MR) is 110 cm³/mol. The first kappa shape index (κ1) is 21.7. The molecule has 12 heteroatoms. The summed E-state index contributed by atoms with van der Waals surface area (Å²) in [6, 6.07) is -0.304. The Hall–Kier alpha value is -3.18. The highest BCUT2D eigenvalue weighted by molar-refractivity contribution is 6.30. The van der Waals surface area contributed by atoms with Gasteiger partial charge in [0.2, 0.25) is 0 Å². The number of rotatable bonds is 5. The Labute approximate surface area is 190 Å². The number of hydrogen-bond acceptors (Lipinski definition) is 6. The molecule has 8 nitrogen and oxygen atoms in total. The fraction of sp³-hybridized carbons (Fsp3) is 0.333. The molecule has 3 aromatic heterocycles. The molecule has 0 fully saturated rings. The summed E-state index contributed by atoms with van der Waals surface area (Å²) in [5.41, 5.74) is 3.74. The van der Waals surface area contributed by atoms with E-state index in [0.29, 0.717) is 36.2 Å². The Morgan fingerprint density at radius 3 is 2.82 bits per heavy atom. The Kier molecular flexibility index (Phi) is 5.45. The van der Waals surface area contributed by atoms with Crippen molar-refractivity contribution in [3.63, 3.8) is 0 Å². The molecule has 1 amide bonds. The molecular weight excluding hydrogens is 463 g/mol. The molecule has 5 rings (SSSR count). The predicted octanol–water partition coefficient (Wildman–Crippen LogP) is 4.14. The van der Waals surface area contributed by atoms with E-state index in [0.717, 1.165) is 17.5 Å². The van der Waals surface area contributed by atoms with E-state index in [9.17, 15) is 13.6 Å². The van der Waals surface area contributed by atoms with Crippen LogP contribution in [-0.4, -0.2) is 39.0 Å². The highest BCUT2D eigenvalue weighted by Gasteiger charge is 2.34. The van der Waals surface area contributed by atoms with Crippen molar-refractivity contribution in [3.05, 3.63) is 51.3 Å². The minimum Gasteiger partial charge on any atom is -0.402 e. The molecule has 0 saturated heterocycles. The number of pyridine rings is 1. The summed E-state index contributed by atoms with van der Waals surface area (Å²) in [6.45, 7) is -0.977. The van der Waals surface area contributed by atoms with Gasteiger partial charge in [0.05, 0.1) is 17.9 Å². The lowest BCUT2D eigenvalue weighted by Gasteiger charge is -2.21. The molecule has 0 saturated carbocycles. The van der Waals surface area contributed by atoms with Crippen LogP contribution in [-0.2, 0) is 24.2 Å². The van der Waals surface area contributed by atoms with Crippen LogP contribution < -0.4 is 10.1 Å². The van der Waals surface area contributed by atoms with Crippen LogP contribution in [0.4, 0.5) is 13.2 Å². The quantitative estimate of drug-likeness (QED) is 0.533.